The van der Waals surface area contributed by atoms with Crippen LogP contribution in [0.1, 0.15) is 37.7 Å². The van der Waals surface area contributed by atoms with Gasteiger partial charge in [-0.1, -0.05) is 36.9 Å². The molecule has 0 heterocycles. The van der Waals surface area contributed by atoms with E-state index in [0.29, 0.717) is 29.1 Å². The minimum Gasteiger partial charge on any atom is -0.325 e. The third-order valence-electron chi connectivity index (χ3n) is 5.24. The zero-order chi connectivity index (χ0) is 21.0. The van der Waals surface area contributed by atoms with Crippen LogP contribution in [0, 0.1) is 12.7 Å². The van der Waals surface area contributed by atoms with E-state index in [1.54, 1.807) is 25.1 Å². The van der Waals surface area contributed by atoms with Crippen molar-refractivity contribution in [2.75, 3.05) is 11.9 Å². The van der Waals surface area contributed by atoms with Crippen molar-refractivity contribution in [1.29, 1.82) is 0 Å². The number of halogens is 2. The molecular weight excluding hydrogens is 415 g/mol. The molecule has 0 unspecified atom stereocenters. The van der Waals surface area contributed by atoms with Crippen LogP contribution in [0.3, 0.4) is 0 Å². The van der Waals surface area contributed by atoms with Crippen molar-refractivity contribution in [1.82, 2.24) is 4.31 Å². The third-order valence-corrected chi connectivity index (χ3v) is 7.57. The van der Waals surface area contributed by atoms with E-state index in [-0.39, 0.29) is 17.5 Å². The minimum atomic E-state index is -3.94. The summed E-state index contributed by atoms with van der Waals surface area (Å²) in [6.07, 6.45) is 4.27. The van der Waals surface area contributed by atoms with E-state index in [9.17, 15) is 17.6 Å². The third kappa shape index (κ3) is 5.15. The summed E-state index contributed by atoms with van der Waals surface area (Å²) >= 11 is 6.10. The van der Waals surface area contributed by atoms with E-state index in [1.807, 2.05) is 0 Å². The zero-order valence-corrected chi connectivity index (χ0v) is 17.8. The molecule has 0 bridgehead atoms. The summed E-state index contributed by atoms with van der Waals surface area (Å²) in [4.78, 5) is 12.7. The summed E-state index contributed by atoms with van der Waals surface area (Å²) in [5, 5.41) is 3.28. The van der Waals surface area contributed by atoms with Crippen molar-refractivity contribution in [3.8, 4) is 0 Å². The number of nitrogens with zero attached hydrogens (tertiary/aromatic N) is 1. The molecule has 0 spiro atoms. The average Bonchev–Trinajstić information content (AvgIpc) is 2.70. The Balaban J connectivity index is 1.86. The van der Waals surface area contributed by atoms with Crippen molar-refractivity contribution in [3.63, 3.8) is 0 Å². The standard InChI is InChI=1S/C21H24ClFN2O3S/c1-15-19(22)8-5-9-20(15)24-21(26)14-25(17-6-3-2-4-7-17)29(27,28)18-12-10-16(23)11-13-18/h5,8-13,17H,2-4,6-7,14H2,1H3,(H,24,26). The Hall–Kier alpha value is -1.96. The Labute approximate surface area is 175 Å². The number of carbonyl (C=O) groups excluding carboxylic acids is 1. The SMILES string of the molecule is Cc1c(Cl)cccc1NC(=O)CN(C1CCCCC1)S(=O)(=O)c1ccc(F)cc1. The fourth-order valence-electron chi connectivity index (χ4n) is 3.60. The molecule has 2 aromatic rings. The summed E-state index contributed by atoms with van der Waals surface area (Å²) in [7, 11) is -3.94. The highest BCUT2D eigenvalue weighted by atomic mass is 35.5. The summed E-state index contributed by atoms with van der Waals surface area (Å²) in [5.41, 5.74) is 1.26. The highest BCUT2D eigenvalue weighted by Gasteiger charge is 2.34. The minimum absolute atomic E-state index is 0.0174. The Bertz CT molecular complexity index is 974. The van der Waals surface area contributed by atoms with Crippen molar-refractivity contribution in [3.05, 3.63) is 58.9 Å². The first-order chi connectivity index (χ1) is 13.8. The second kappa shape index (κ2) is 9.24. The molecule has 1 saturated carbocycles. The van der Waals surface area contributed by atoms with Gasteiger partial charge in [0.25, 0.3) is 0 Å². The largest absolute Gasteiger partial charge is 0.325 e. The smallest absolute Gasteiger partial charge is 0.243 e. The van der Waals surface area contributed by atoms with Crippen LogP contribution < -0.4 is 5.32 Å². The number of anilines is 1. The maximum Gasteiger partial charge on any atom is 0.243 e. The number of carbonyl (C=O) groups is 1. The van der Waals surface area contributed by atoms with Gasteiger partial charge in [-0.2, -0.15) is 4.31 Å². The van der Waals surface area contributed by atoms with Crippen LogP contribution in [0.4, 0.5) is 10.1 Å². The van der Waals surface area contributed by atoms with Crippen LogP contribution in [0.15, 0.2) is 47.4 Å². The second-order valence-corrected chi connectivity index (χ2v) is 9.55. The van der Waals surface area contributed by atoms with Crippen LogP contribution in [-0.4, -0.2) is 31.2 Å². The topological polar surface area (TPSA) is 66.5 Å². The molecular formula is C21H24ClFN2O3S. The second-order valence-electron chi connectivity index (χ2n) is 7.26. The quantitative estimate of drug-likeness (QED) is 0.707. The number of benzene rings is 2. The van der Waals surface area contributed by atoms with Crippen molar-refractivity contribution in [2.24, 2.45) is 0 Å². The highest BCUT2D eigenvalue weighted by molar-refractivity contribution is 7.89. The van der Waals surface area contributed by atoms with Gasteiger partial charge < -0.3 is 5.32 Å². The fourth-order valence-corrected chi connectivity index (χ4v) is 5.41. The van der Waals surface area contributed by atoms with E-state index in [2.05, 4.69) is 5.32 Å². The molecule has 0 radical (unpaired) electrons. The number of rotatable bonds is 6. The van der Waals surface area contributed by atoms with Gasteiger partial charge >= 0.3 is 0 Å². The first-order valence-electron chi connectivity index (χ1n) is 9.61. The molecule has 8 heteroatoms. The predicted molar refractivity (Wildman–Crippen MR) is 112 cm³/mol. The maximum atomic E-state index is 13.3. The molecule has 156 valence electrons. The first-order valence-corrected chi connectivity index (χ1v) is 11.4. The molecule has 0 saturated heterocycles. The van der Waals surface area contributed by atoms with Gasteiger partial charge in [-0.3, -0.25) is 4.79 Å². The summed E-state index contributed by atoms with van der Waals surface area (Å²) in [6, 6.07) is 9.60. The lowest BCUT2D eigenvalue weighted by Gasteiger charge is -2.33. The predicted octanol–water partition coefficient (Wildman–Crippen LogP) is 4.75. The molecule has 29 heavy (non-hydrogen) atoms. The van der Waals surface area contributed by atoms with Gasteiger partial charge in [-0.25, -0.2) is 12.8 Å². The average molecular weight is 439 g/mol. The van der Waals surface area contributed by atoms with Gasteiger partial charge in [0, 0.05) is 16.8 Å². The molecule has 2 aromatic carbocycles. The van der Waals surface area contributed by atoms with Crippen LogP contribution >= 0.6 is 11.6 Å². The fraction of sp³-hybridized carbons (Fsp3) is 0.381. The number of sulfonamides is 1. The van der Waals surface area contributed by atoms with Crippen LogP contribution in [0.2, 0.25) is 5.02 Å². The maximum absolute atomic E-state index is 13.3. The number of hydrogen-bond acceptors (Lipinski definition) is 3. The van der Waals surface area contributed by atoms with E-state index in [0.717, 1.165) is 31.4 Å². The Morgan fingerprint density at radius 2 is 1.79 bits per heavy atom. The lowest BCUT2D eigenvalue weighted by Crippen LogP contribution is -2.45. The van der Waals surface area contributed by atoms with E-state index in [1.165, 1.54) is 16.4 Å². The molecule has 1 aliphatic rings. The molecule has 0 aromatic heterocycles. The molecule has 0 aliphatic heterocycles. The summed E-state index contributed by atoms with van der Waals surface area (Å²) in [5.74, 6) is -0.950. The molecule has 1 fully saturated rings. The lowest BCUT2D eigenvalue weighted by atomic mass is 9.95. The summed E-state index contributed by atoms with van der Waals surface area (Å²) < 4.78 is 41.0. The van der Waals surface area contributed by atoms with Gasteiger partial charge in [-0.15, -0.1) is 0 Å². The first kappa shape index (κ1) is 21.7. The van der Waals surface area contributed by atoms with Crippen molar-refractivity contribution in [2.45, 2.75) is 50.0 Å². The van der Waals surface area contributed by atoms with Crippen molar-refractivity contribution >= 4 is 33.2 Å². The molecule has 1 N–H and O–H groups in total. The molecule has 1 aliphatic carbocycles. The number of hydrogen-bond donors (Lipinski definition) is 1. The van der Waals surface area contributed by atoms with E-state index in [4.69, 9.17) is 11.6 Å². The monoisotopic (exact) mass is 438 g/mol. The van der Waals surface area contributed by atoms with Crippen LogP contribution in [-0.2, 0) is 14.8 Å². The number of amides is 1. The Morgan fingerprint density at radius 3 is 2.45 bits per heavy atom. The van der Waals surface area contributed by atoms with Gasteiger partial charge in [0.1, 0.15) is 5.82 Å². The molecule has 0 atom stereocenters. The van der Waals surface area contributed by atoms with Crippen molar-refractivity contribution < 1.29 is 17.6 Å². The van der Waals surface area contributed by atoms with Gasteiger partial charge in [0.05, 0.1) is 11.4 Å². The van der Waals surface area contributed by atoms with Crippen LogP contribution in [0.25, 0.3) is 0 Å². The van der Waals surface area contributed by atoms with Crippen LogP contribution in [0.5, 0.6) is 0 Å². The highest BCUT2D eigenvalue weighted by Crippen LogP contribution is 2.28. The molecule has 1 amide bonds. The summed E-state index contributed by atoms with van der Waals surface area (Å²) in [6.45, 7) is 1.47. The Kier molecular flexibility index (Phi) is 6.93. The lowest BCUT2D eigenvalue weighted by molar-refractivity contribution is -0.116. The molecule has 3 rings (SSSR count). The van der Waals surface area contributed by atoms with E-state index >= 15 is 0 Å². The number of nitrogens with one attached hydrogen (secondary N) is 1. The van der Waals surface area contributed by atoms with Gasteiger partial charge in [0.2, 0.25) is 15.9 Å². The molecule has 5 nitrogen and oxygen atoms in total. The van der Waals surface area contributed by atoms with E-state index < -0.39 is 21.7 Å². The zero-order valence-electron chi connectivity index (χ0n) is 16.2. The Morgan fingerprint density at radius 1 is 1.14 bits per heavy atom. The van der Waals surface area contributed by atoms with Gasteiger partial charge in [0.15, 0.2) is 0 Å². The normalized spacial score (nSPS) is 15.4. The van der Waals surface area contributed by atoms with Gasteiger partial charge in [-0.05, 0) is 61.7 Å².